The molecule has 2 aromatic heterocycles. The number of anilines is 2. The Morgan fingerprint density at radius 2 is 1.13 bits per heavy atom. The molecule has 47 heavy (non-hydrogen) atoms. The van der Waals surface area contributed by atoms with Crippen molar-refractivity contribution in [2.24, 2.45) is 0 Å². The van der Waals surface area contributed by atoms with Crippen LogP contribution >= 0.6 is 0 Å². The van der Waals surface area contributed by atoms with Gasteiger partial charge < -0.3 is 28.5 Å². The molecule has 0 spiro atoms. The predicted octanol–water partition coefficient (Wildman–Crippen LogP) is 7.11. The number of fused-ring (bicyclic) bond motifs is 4. The molecule has 4 aromatic rings. The second kappa shape index (κ2) is 11.9. The van der Waals surface area contributed by atoms with Gasteiger partial charge in [-0.25, -0.2) is 19.2 Å². The molecule has 10 nitrogen and oxygen atoms in total. The first-order valence-electron chi connectivity index (χ1n) is 15.5. The Labute approximate surface area is 272 Å². The Morgan fingerprint density at radius 1 is 0.723 bits per heavy atom. The summed E-state index contributed by atoms with van der Waals surface area (Å²) in [5, 5.41) is 10.4. The summed E-state index contributed by atoms with van der Waals surface area (Å²) >= 11 is 0. The normalized spacial score (nSPS) is 16.0. The standard InChI is InChI=1S/C19H21NO4.C18H19NO4/c1-6-20-15-9-16-12(7-13(15)11(2)10-19(20,3)4)8-14(17(21)23-5)18(22)24-16;1-5-19-14-8-15-11(7-13(16(20)21)17(22)23-15)6-12(14)10(2)9-18(19,3)4/h7-10H,6H2,1-5H3;6-9H,5H2,1-4H3,(H,20,21). The summed E-state index contributed by atoms with van der Waals surface area (Å²) in [7, 11) is 1.24. The van der Waals surface area contributed by atoms with Gasteiger partial charge in [-0.05, 0) is 90.8 Å². The molecule has 4 heterocycles. The highest BCUT2D eigenvalue weighted by atomic mass is 16.5. The lowest BCUT2D eigenvalue weighted by Crippen LogP contribution is -2.44. The van der Waals surface area contributed by atoms with Gasteiger partial charge in [0.15, 0.2) is 0 Å². The van der Waals surface area contributed by atoms with Gasteiger partial charge in [-0.3, -0.25) is 0 Å². The van der Waals surface area contributed by atoms with Crippen LogP contribution in [-0.2, 0) is 4.74 Å². The highest BCUT2D eigenvalue weighted by Gasteiger charge is 2.32. The number of carboxylic acid groups (broad SMARTS) is 1. The van der Waals surface area contributed by atoms with Gasteiger partial charge in [0.2, 0.25) is 0 Å². The third-order valence-corrected chi connectivity index (χ3v) is 8.93. The fourth-order valence-corrected chi connectivity index (χ4v) is 6.94. The van der Waals surface area contributed by atoms with E-state index in [-0.39, 0.29) is 22.2 Å². The molecule has 0 aliphatic carbocycles. The van der Waals surface area contributed by atoms with Gasteiger partial charge in [-0.15, -0.1) is 0 Å². The Kier molecular flexibility index (Phi) is 8.43. The fourth-order valence-electron chi connectivity index (χ4n) is 6.94. The number of likely N-dealkylation sites (N-methyl/N-ethyl adjacent to an activating group) is 2. The summed E-state index contributed by atoms with van der Waals surface area (Å²) in [6.07, 6.45) is 4.42. The van der Waals surface area contributed by atoms with E-state index in [2.05, 4.69) is 75.2 Å². The molecule has 0 saturated heterocycles. The largest absolute Gasteiger partial charge is 0.477 e. The Hall–Kier alpha value is -5.12. The van der Waals surface area contributed by atoms with Crippen LogP contribution in [0.2, 0.25) is 0 Å². The number of rotatable bonds is 4. The minimum absolute atomic E-state index is 0.0879. The number of benzene rings is 2. The van der Waals surface area contributed by atoms with E-state index < -0.39 is 23.2 Å². The minimum atomic E-state index is -1.28. The van der Waals surface area contributed by atoms with Crippen LogP contribution in [0.1, 0.15) is 87.2 Å². The number of ether oxygens (including phenoxy) is 1. The highest BCUT2D eigenvalue weighted by molar-refractivity contribution is 5.97. The highest BCUT2D eigenvalue weighted by Crippen LogP contribution is 2.42. The van der Waals surface area contributed by atoms with Crippen LogP contribution in [0.25, 0.3) is 33.1 Å². The van der Waals surface area contributed by atoms with Crippen LogP contribution in [0.3, 0.4) is 0 Å². The number of allylic oxidation sites excluding steroid dienone is 2. The quantitative estimate of drug-likeness (QED) is 0.182. The lowest BCUT2D eigenvalue weighted by molar-refractivity contribution is 0.0595. The molecule has 2 aliphatic rings. The van der Waals surface area contributed by atoms with Gasteiger partial charge in [-0.1, -0.05) is 12.2 Å². The Balaban J connectivity index is 0.000000185. The summed E-state index contributed by atoms with van der Waals surface area (Å²) in [5.74, 6) is -1.96. The predicted molar refractivity (Wildman–Crippen MR) is 185 cm³/mol. The summed E-state index contributed by atoms with van der Waals surface area (Å²) in [6.45, 7) is 18.5. The summed E-state index contributed by atoms with van der Waals surface area (Å²) in [6, 6.07) is 10.5. The lowest BCUT2D eigenvalue weighted by atomic mass is 9.88. The van der Waals surface area contributed by atoms with Gasteiger partial charge in [-0.2, -0.15) is 0 Å². The van der Waals surface area contributed by atoms with Crippen molar-refractivity contribution < 1.29 is 28.3 Å². The first kappa shape index (κ1) is 33.2. The van der Waals surface area contributed by atoms with Crippen molar-refractivity contribution in [1.82, 2.24) is 0 Å². The van der Waals surface area contributed by atoms with Crippen molar-refractivity contribution in [3.63, 3.8) is 0 Å². The second-order valence-corrected chi connectivity index (χ2v) is 13.0. The molecule has 6 rings (SSSR count). The van der Waals surface area contributed by atoms with E-state index in [1.165, 1.54) is 19.2 Å². The fraction of sp³-hybridized carbons (Fsp3) is 0.351. The van der Waals surface area contributed by atoms with Crippen molar-refractivity contribution in [3.05, 3.63) is 91.6 Å². The lowest BCUT2D eigenvalue weighted by Gasteiger charge is -2.42. The Morgan fingerprint density at radius 3 is 1.51 bits per heavy atom. The molecule has 0 bridgehead atoms. The van der Waals surface area contributed by atoms with E-state index in [0.717, 1.165) is 46.7 Å². The van der Waals surface area contributed by atoms with Crippen molar-refractivity contribution >= 4 is 56.4 Å². The summed E-state index contributed by atoms with van der Waals surface area (Å²) in [4.78, 5) is 51.2. The number of methoxy groups -OCH3 is 1. The molecule has 2 aliphatic heterocycles. The van der Waals surface area contributed by atoms with Crippen LogP contribution in [-0.4, -0.2) is 48.3 Å². The average Bonchev–Trinajstić information content (AvgIpc) is 2.98. The van der Waals surface area contributed by atoms with Gasteiger partial charge >= 0.3 is 23.2 Å². The number of hydrogen-bond acceptors (Lipinski definition) is 9. The maximum absolute atomic E-state index is 12.1. The zero-order chi connectivity index (χ0) is 34.6. The number of esters is 1. The maximum Gasteiger partial charge on any atom is 0.351 e. The van der Waals surface area contributed by atoms with Gasteiger partial charge in [0.25, 0.3) is 0 Å². The average molecular weight is 641 g/mol. The number of hydrogen-bond donors (Lipinski definition) is 1. The molecule has 246 valence electrons. The number of carbonyl (C=O) groups is 2. The minimum Gasteiger partial charge on any atom is -0.477 e. The van der Waals surface area contributed by atoms with E-state index in [1.54, 1.807) is 0 Å². The van der Waals surface area contributed by atoms with Crippen molar-refractivity contribution in [2.75, 3.05) is 30.0 Å². The maximum atomic E-state index is 12.1. The monoisotopic (exact) mass is 640 g/mol. The summed E-state index contributed by atoms with van der Waals surface area (Å²) in [5.41, 5.74) is 5.10. The van der Waals surface area contributed by atoms with Crippen LogP contribution in [0.15, 0.2) is 67.0 Å². The van der Waals surface area contributed by atoms with Crippen LogP contribution in [0.4, 0.5) is 11.4 Å². The van der Waals surface area contributed by atoms with E-state index in [0.29, 0.717) is 21.9 Å². The zero-order valence-corrected chi connectivity index (χ0v) is 28.2. The molecule has 10 heteroatoms. The molecule has 0 radical (unpaired) electrons. The zero-order valence-electron chi connectivity index (χ0n) is 28.2. The van der Waals surface area contributed by atoms with Crippen LogP contribution < -0.4 is 21.1 Å². The SMILES string of the molecule is CCN1c2cc3oc(=O)c(C(=O)O)cc3cc2C(C)=CC1(C)C.CCN1c2cc3oc(=O)c(C(=O)OC)cc3cc2C(C)=CC1(C)C. The smallest absolute Gasteiger partial charge is 0.351 e. The molecule has 2 aromatic carbocycles. The molecular formula is C37H40N2O8. The first-order valence-corrected chi connectivity index (χ1v) is 15.5. The van der Waals surface area contributed by atoms with E-state index in [1.807, 2.05) is 31.2 Å². The van der Waals surface area contributed by atoms with Gasteiger partial charge in [0.1, 0.15) is 22.3 Å². The molecule has 0 atom stereocenters. The number of aromatic carboxylic acids is 1. The van der Waals surface area contributed by atoms with Crippen molar-refractivity contribution in [3.8, 4) is 0 Å². The van der Waals surface area contributed by atoms with Gasteiger partial charge in [0, 0.05) is 58.5 Å². The Bertz CT molecular complexity index is 2130. The number of carboxylic acids is 1. The van der Waals surface area contributed by atoms with Crippen molar-refractivity contribution in [1.29, 1.82) is 0 Å². The van der Waals surface area contributed by atoms with E-state index in [4.69, 9.17) is 13.9 Å². The van der Waals surface area contributed by atoms with E-state index in [9.17, 15) is 19.2 Å². The third kappa shape index (κ3) is 5.84. The molecule has 0 unspecified atom stereocenters. The molecule has 0 fully saturated rings. The van der Waals surface area contributed by atoms with Crippen LogP contribution in [0, 0.1) is 0 Å². The second-order valence-electron chi connectivity index (χ2n) is 13.0. The van der Waals surface area contributed by atoms with Gasteiger partial charge in [0.05, 0.1) is 18.2 Å². The topological polar surface area (TPSA) is 130 Å². The molecular weight excluding hydrogens is 600 g/mol. The number of carbonyl (C=O) groups excluding carboxylic acids is 1. The molecule has 0 amide bonds. The number of nitrogens with zero attached hydrogens (tertiary/aromatic N) is 2. The third-order valence-electron chi connectivity index (χ3n) is 8.93. The molecule has 0 saturated carbocycles. The first-order chi connectivity index (χ1) is 22.0. The summed E-state index contributed by atoms with van der Waals surface area (Å²) < 4.78 is 15.3. The molecule has 1 N–H and O–H groups in total. The van der Waals surface area contributed by atoms with E-state index >= 15 is 0 Å². The van der Waals surface area contributed by atoms with Crippen molar-refractivity contribution in [2.45, 2.75) is 66.5 Å². The van der Waals surface area contributed by atoms with Crippen LogP contribution in [0.5, 0.6) is 0 Å².